The Morgan fingerprint density at radius 2 is 1.82 bits per heavy atom. The fourth-order valence-corrected chi connectivity index (χ4v) is 5.17. The van der Waals surface area contributed by atoms with E-state index in [1.807, 2.05) is 37.3 Å². The van der Waals surface area contributed by atoms with Crippen molar-refractivity contribution >= 4 is 22.7 Å². The Bertz CT molecular complexity index is 1590. The largest absolute Gasteiger partial charge is 0.467 e. The molecule has 2 aromatic heterocycles. The minimum atomic E-state index is -0.622. The zero-order valence-corrected chi connectivity index (χ0v) is 22.0. The average molecular weight is 529 g/mol. The smallest absolute Gasteiger partial charge is 0.332 e. The predicted octanol–water partition coefficient (Wildman–Crippen LogP) is 3.18. The second-order valence-electron chi connectivity index (χ2n) is 9.99. The van der Waals surface area contributed by atoms with E-state index in [0.717, 1.165) is 29.4 Å². The van der Waals surface area contributed by atoms with Crippen LogP contribution in [0.3, 0.4) is 0 Å². The molecule has 0 saturated carbocycles. The molecule has 2 amide bonds. The summed E-state index contributed by atoms with van der Waals surface area (Å²) in [6.45, 7) is 2.79. The molecule has 1 atom stereocenters. The van der Waals surface area contributed by atoms with Gasteiger partial charge in [0.25, 0.3) is 11.5 Å². The van der Waals surface area contributed by atoms with Gasteiger partial charge < -0.3 is 14.6 Å². The quantitative estimate of drug-likeness (QED) is 0.378. The number of nitrogens with zero attached hydrogens (tertiary/aromatic N) is 3. The second kappa shape index (κ2) is 11.6. The van der Waals surface area contributed by atoms with Gasteiger partial charge in [-0.1, -0.05) is 30.3 Å². The van der Waals surface area contributed by atoms with Gasteiger partial charge in [0.15, 0.2) is 0 Å². The molecule has 4 aromatic rings. The summed E-state index contributed by atoms with van der Waals surface area (Å²) < 4.78 is 7.76. The van der Waals surface area contributed by atoms with E-state index in [2.05, 4.69) is 5.32 Å². The van der Waals surface area contributed by atoms with Crippen LogP contribution in [0.4, 0.5) is 0 Å². The third-order valence-corrected chi connectivity index (χ3v) is 7.34. The summed E-state index contributed by atoms with van der Waals surface area (Å²) >= 11 is 0. The van der Waals surface area contributed by atoms with Gasteiger partial charge in [0, 0.05) is 24.7 Å². The van der Waals surface area contributed by atoms with Gasteiger partial charge in [-0.15, -0.1) is 0 Å². The summed E-state index contributed by atoms with van der Waals surface area (Å²) in [6, 6.07) is 17.9. The fraction of sp³-hybridized carbons (Fsp3) is 0.333. The lowest BCUT2D eigenvalue weighted by atomic mass is 10.0. The Morgan fingerprint density at radius 1 is 1.00 bits per heavy atom. The molecule has 9 nitrogen and oxygen atoms in total. The standard InChI is InChI=1S/C30H32N4O5/c1-21-8-5-6-16-32(21)27(35)20-33-26-18-23(28(36)31-15-14-22-9-3-2-4-10-22)12-13-25(26)29(37)34(30(33)38)19-24-11-7-17-39-24/h2-4,7,9-13,17-18,21H,5-6,8,14-16,19-20H2,1H3,(H,31,36)/t21-/m0/s1. The first kappa shape index (κ1) is 26.2. The first-order valence-electron chi connectivity index (χ1n) is 13.3. The number of hydrogen-bond donors (Lipinski definition) is 1. The molecule has 0 radical (unpaired) electrons. The fourth-order valence-electron chi connectivity index (χ4n) is 5.17. The van der Waals surface area contributed by atoms with Gasteiger partial charge in [0.1, 0.15) is 12.3 Å². The number of hydrogen-bond acceptors (Lipinski definition) is 5. The summed E-state index contributed by atoms with van der Waals surface area (Å²) in [6.07, 6.45) is 5.03. The summed E-state index contributed by atoms with van der Waals surface area (Å²) in [4.78, 5) is 55.2. The summed E-state index contributed by atoms with van der Waals surface area (Å²) in [7, 11) is 0. The minimum Gasteiger partial charge on any atom is -0.467 e. The SMILES string of the molecule is C[C@H]1CCCCN1C(=O)Cn1c(=O)n(Cc2ccco2)c(=O)c2ccc(C(=O)NCCc3ccccc3)cc21. The number of furan rings is 1. The summed E-state index contributed by atoms with van der Waals surface area (Å²) in [5.74, 6) is -0.0559. The number of carbonyl (C=O) groups excluding carboxylic acids is 2. The summed E-state index contributed by atoms with van der Waals surface area (Å²) in [5.41, 5.74) is 0.550. The molecule has 3 heterocycles. The van der Waals surface area contributed by atoms with Crippen molar-refractivity contribution in [2.75, 3.05) is 13.1 Å². The Labute approximate surface area is 225 Å². The number of piperidine rings is 1. The highest BCUT2D eigenvalue weighted by Gasteiger charge is 2.25. The van der Waals surface area contributed by atoms with E-state index in [1.54, 1.807) is 29.2 Å². The first-order chi connectivity index (χ1) is 18.9. The number of nitrogens with one attached hydrogen (secondary N) is 1. The minimum absolute atomic E-state index is 0.0589. The van der Waals surface area contributed by atoms with Crippen molar-refractivity contribution in [3.63, 3.8) is 0 Å². The van der Waals surface area contributed by atoms with Crippen molar-refractivity contribution in [2.24, 2.45) is 0 Å². The molecule has 1 aliphatic heterocycles. The highest BCUT2D eigenvalue weighted by atomic mass is 16.3. The van der Waals surface area contributed by atoms with Crippen LogP contribution in [-0.2, 0) is 24.3 Å². The molecule has 1 N–H and O–H groups in total. The Balaban J connectivity index is 1.49. The molecule has 0 unspecified atom stereocenters. The molecule has 9 heteroatoms. The molecular weight excluding hydrogens is 496 g/mol. The maximum absolute atomic E-state index is 13.7. The van der Waals surface area contributed by atoms with Crippen LogP contribution >= 0.6 is 0 Å². The molecule has 5 rings (SSSR count). The lowest BCUT2D eigenvalue weighted by Crippen LogP contribution is -2.47. The van der Waals surface area contributed by atoms with E-state index in [1.165, 1.54) is 16.9 Å². The van der Waals surface area contributed by atoms with Crippen molar-refractivity contribution in [2.45, 2.75) is 51.7 Å². The van der Waals surface area contributed by atoms with Crippen LogP contribution in [0.2, 0.25) is 0 Å². The van der Waals surface area contributed by atoms with Crippen LogP contribution in [0.15, 0.2) is 80.9 Å². The number of fused-ring (bicyclic) bond motifs is 1. The predicted molar refractivity (Wildman–Crippen MR) is 148 cm³/mol. The number of rotatable bonds is 8. The molecule has 1 fully saturated rings. The van der Waals surface area contributed by atoms with Gasteiger partial charge in [0.2, 0.25) is 5.91 Å². The van der Waals surface area contributed by atoms with Crippen LogP contribution in [0, 0.1) is 0 Å². The topological polar surface area (TPSA) is 107 Å². The maximum Gasteiger partial charge on any atom is 0.332 e. The Hall–Kier alpha value is -4.40. The Kier molecular flexibility index (Phi) is 7.76. The van der Waals surface area contributed by atoms with Crippen molar-refractivity contribution < 1.29 is 14.0 Å². The summed E-state index contributed by atoms with van der Waals surface area (Å²) in [5, 5.41) is 3.15. The van der Waals surface area contributed by atoms with Crippen molar-refractivity contribution in [1.82, 2.24) is 19.4 Å². The molecule has 1 saturated heterocycles. The zero-order valence-electron chi connectivity index (χ0n) is 22.0. The van der Waals surface area contributed by atoms with Crippen LogP contribution in [0.1, 0.15) is 47.9 Å². The van der Waals surface area contributed by atoms with E-state index in [0.29, 0.717) is 30.8 Å². The maximum atomic E-state index is 13.7. The van der Waals surface area contributed by atoms with Gasteiger partial charge in [-0.25, -0.2) is 4.79 Å². The zero-order chi connectivity index (χ0) is 27.4. The van der Waals surface area contributed by atoms with Gasteiger partial charge in [-0.3, -0.25) is 23.5 Å². The van der Waals surface area contributed by atoms with E-state index in [-0.39, 0.29) is 41.8 Å². The molecule has 0 spiro atoms. The van der Waals surface area contributed by atoms with E-state index >= 15 is 0 Å². The third-order valence-electron chi connectivity index (χ3n) is 7.34. The lowest BCUT2D eigenvalue weighted by molar-refractivity contribution is -0.135. The molecule has 39 heavy (non-hydrogen) atoms. The second-order valence-corrected chi connectivity index (χ2v) is 9.99. The van der Waals surface area contributed by atoms with E-state index in [4.69, 9.17) is 4.42 Å². The highest BCUT2D eigenvalue weighted by Crippen LogP contribution is 2.18. The number of benzene rings is 2. The molecule has 202 valence electrons. The average Bonchev–Trinajstić information content (AvgIpc) is 3.47. The van der Waals surface area contributed by atoms with Gasteiger partial charge in [-0.05, 0) is 68.5 Å². The first-order valence-corrected chi connectivity index (χ1v) is 13.3. The monoisotopic (exact) mass is 528 g/mol. The van der Waals surface area contributed by atoms with E-state index < -0.39 is 11.2 Å². The van der Waals surface area contributed by atoms with Crippen molar-refractivity contribution in [3.8, 4) is 0 Å². The van der Waals surface area contributed by atoms with Gasteiger partial charge in [-0.2, -0.15) is 0 Å². The number of aromatic nitrogens is 2. The van der Waals surface area contributed by atoms with Crippen LogP contribution in [-0.4, -0.2) is 45.0 Å². The molecule has 2 aromatic carbocycles. The molecule has 1 aliphatic rings. The number of likely N-dealkylation sites (tertiary alicyclic amines) is 1. The Morgan fingerprint density at radius 3 is 2.56 bits per heavy atom. The van der Waals surface area contributed by atoms with Gasteiger partial charge in [0.05, 0.1) is 23.7 Å². The van der Waals surface area contributed by atoms with E-state index in [9.17, 15) is 19.2 Å². The number of carbonyl (C=O) groups is 2. The van der Waals surface area contributed by atoms with Crippen molar-refractivity contribution in [3.05, 3.63) is 105 Å². The van der Waals surface area contributed by atoms with Crippen LogP contribution < -0.4 is 16.6 Å². The molecular formula is C30H32N4O5. The molecule has 0 aliphatic carbocycles. The van der Waals surface area contributed by atoms with Crippen LogP contribution in [0.5, 0.6) is 0 Å². The van der Waals surface area contributed by atoms with Crippen molar-refractivity contribution in [1.29, 1.82) is 0 Å². The van der Waals surface area contributed by atoms with Crippen LogP contribution in [0.25, 0.3) is 10.9 Å². The highest BCUT2D eigenvalue weighted by molar-refractivity contribution is 5.98. The number of amides is 2. The normalized spacial score (nSPS) is 15.4. The van der Waals surface area contributed by atoms with Gasteiger partial charge >= 0.3 is 5.69 Å². The third kappa shape index (κ3) is 5.72. The lowest BCUT2D eigenvalue weighted by Gasteiger charge is -2.33. The molecule has 0 bridgehead atoms.